The summed E-state index contributed by atoms with van der Waals surface area (Å²) in [5.74, 6) is -1.50. The van der Waals surface area contributed by atoms with Crippen LogP contribution in [0.2, 0.25) is 0 Å². The Balaban J connectivity index is 1.15. The molecule has 18 nitrogen and oxygen atoms in total. The summed E-state index contributed by atoms with van der Waals surface area (Å²) < 4.78 is 54.3. The van der Waals surface area contributed by atoms with Crippen molar-refractivity contribution >= 4 is 23.6 Å². The van der Waals surface area contributed by atoms with Crippen LogP contribution in [0.15, 0.2) is 12.2 Å². The Hall–Kier alpha value is -2.62. The number of hydrogen-bond donors (Lipinski definition) is 2. The van der Waals surface area contributed by atoms with Gasteiger partial charge in [0.25, 0.3) is 11.8 Å². The average Bonchev–Trinajstić information content (AvgIpc) is 3.70. The van der Waals surface area contributed by atoms with Crippen molar-refractivity contribution in [1.82, 2.24) is 15.1 Å². The van der Waals surface area contributed by atoms with Crippen LogP contribution in [0.5, 0.6) is 0 Å². The molecule has 2 N–H and O–H groups in total. The van der Waals surface area contributed by atoms with Gasteiger partial charge in [-0.2, -0.15) is 0 Å². The number of imide groups is 1. The van der Waals surface area contributed by atoms with E-state index in [0.717, 1.165) is 23.5 Å². The quantitative estimate of drug-likeness (QED) is 0.0564. The van der Waals surface area contributed by atoms with Crippen molar-refractivity contribution in [3.05, 3.63) is 12.2 Å². The number of carbonyl (C=O) groups is 4. The second-order valence-corrected chi connectivity index (χ2v) is 11.0. The normalized spacial score (nSPS) is 15.8. The molecule has 2 heterocycles. The molecule has 2 aliphatic heterocycles. The minimum Gasteiger partial charge on any atom is -0.379 e. The van der Waals surface area contributed by atoms with Gasteiger partial charge in [0.15, 0.2) is 0 Å². The lowest BCUT2D eigenvalue weighted by Gasteiger charge is -2.20. The highest BCUT2D eigenvalue weighted by Gasteiger charge is 2.26. The lowest BCUT2D eigenvalue weighted by molar-refractivity contribution is -0.141. The number of hydrogen-bond acceptors (Lipinski definition) is 15. The maximum Gasteiger partial charge on any atom is 0.254 e. The van der Waals surface area contributed by atoms with Gasteiger partial charge in [0.2, 0.25) is 11.8 Å². The molecule has 4 amide bonds. The van der Waals surface area contributed by atoms with Crippen LogP contribution < -0.4 is 5.32 Å². The number of rotatable bonds is 35. The lowest BCUT2D eigenvalue weighted by atomic mass is 10.3. The first kappa shape index (κ1) is 44.5. The van der Waals surface area contributed by atoms with E-state index in [2.05, 4.69) is 5.32 Å². The van der Waals surface area contributed by atoms with Crippen LogP contribution in [0.4, 0.5) is 0 Å². The fourth-order valence-electron chi connectivity index (χ4n) is 4.47. The summed E-state index contributed by atoms with van der Waals surface area (Å²) in [5.41, 5.74) is 0. The number of nitrogens with one attached hydrogen (secondary N) is 1. The predicted molar refractivity (Wildman–Crippen MR) is 179 cm³/mol. The number of nitrogens with zero attached hydrogens (tertiary/aromatic N) is 2. The molecule has 0 bridgehead atoms. The molecule has 0 aromatic carbocycles. The van der Waals surface area contributed by atoms with E-state index in [1.165, 1.54) is 4.90 Å². The number of carbonyl (C=O) groups excluding carboxylic acids is 4. The Morgan fingerprint density at radius 3 is 1.29 bits per heavy atom. The van der Waals surface area contributed by atoms with Crippen molar-refractivity contribution in [2.45, 2.75) is 25.5 Å². The van der Waals surface area contributed by atoms with E-state index in [9.17, 15) is 24.3 Å². The van der Waals surface area contributed by atoms with Crippen LogP contribution in [-0.2, 0) is 66.5 Å². The fourth-order valence-corrected chi connectivity index (χ4v) is 4.47. The highest BCUT2D eigenvalue weighted by Crippen LogP contribution is 2.15. The SMILES string of the molecule is O=C(CN1C(=O)C=CC1=O)NCCOCCOCCOCCOCCOCCOCCOCCOCCOCCOCCC(=O)N1CCC[C@H]1O. The highest BCUT2D eigenvalue weighted by molar-refractivity contribution is 6.14. The van der Waals surface area contributed by atoms with Crippen LogP contribution >= 0.6 is 0 Å². The van der Waals surface area contributed by atoms with Gasteiger partial charge < -0.3 is 62.7 Å². The number of likely N-dealkylation sites (tertiary alicyclic amines) is 1. The van der Waals surface area contributed by atoms with Gasteiger partial charge in [-0.1, -0.05) is 0 Å². The third-order valence-electron chi connectivity index (χ3n) is 7.12. The molecule has 1 fully saturated rings. The summed E-state index contributed by atoms with van der Waals surface area (Å²) in [5, 5.41) is 12.3. The van der Waals surface area contributed by atoms with Gasteiger partial charge in [0, 0.05) is 25.2 Å². The first-order valence-corrected chi connectivity index (χ1v) is 17.5. The number of ether oxygens (including phenoxy) is 10. The standard InChI is InChI=1S/C33H57N3O15/c37-29(28-36-31(39)3-4-32(36)40)34-6-9-43-11-13-45-15-17-47-19-21-49-23-25-51-27-26-50-24-22-48-20-18-46-16-14-44-12-10-42-8-5-33(41)35-7-1-2-30(35)38/h3-4,30,38H,1-2,5-28H2,(H,34,37)/t30-/m1/s1. The molecule has 0 saturated carbocycles. The molecular formula is C33H57N3O15. The monoisotopic (exact) mass is 735 g/mol. The van der Waals surface area contributed by atoms with E-state index >= 15 is 0 Å². The van der Waals surface area contributed by atoms with Gasteiger partial charge in [-0.3, -0.25) is 24.1 Å². The van der Waals surface area contributed by atoms with Crippen molar-refractivity contribution in [2.75, 3.05) is 152 Å². The summed E-state index contributed by atoms with van der Waals surface area (Å²) >= 11 is 0. The number of aliphatic hydroxyl groups excluding tert-OH is 1. The molecule has 1 saturated heterocycles. The maximum absolute atomic E-state index is 11.9. The zero-order valence-electron chi connectivity index (χ0n) is 29.7. The topological polar surface area (TPSA) is 199 Å². The van der Waals surface area contributed by atoms with E-state index in [4.69, 9.17) is 47.4 Å². The molecular weight excluding hydrogens is 678 g/mol. The fraction of sp³-hybridized carbons (Fsp3) is 0.818. The van der Waals surface area contributed by atoms with Gasteiger partial charge in [-0.25, -0.2) is 0 Å². The second-order valence-electron chi connectivity index (χ2n) is 11.0. The molecule has 0 unspecified atom stereocenters. The van der Waals surface area contributed by atoms with E-state index < -0.39 is 23.9 Å². The zero-order chi connectivity index (χ0) is 36.6. The highest BCUT2D eigenvalue weighted by atomic mass is 16.6. The van der Waals surface area contributed by atoms with Gasteiger partial charge in [0.05, 0.1) is 139 Å². The maximum atomic E-state index is 11.9. The Labute approximate surface area is 299 Å². The Kier molecular flexibility index (Phi) is 27.0. The van der Waals surface area contributed by atoms with E-state index in [1.807, 2.05) is 0 Å². The lowest BCUT2D eigenvalue weighted by Crippen LogP contribution is -2.41. The Bertz CT molecular complexity index is 956. The first-order chi connectivity index (χ1) is 25.0. The van der Waals surface area contributed by atoms with Crippen LogP contribution in [0, 0.1) is 0 Å². The molecule has 2 aliphatic rings. The molecule has 0 aliphatic carbocycles. The third kappa shape index (κ3) is 23.5. The van der Waals surface area contributed by atoms with Crippen molar-refractivity contribution < 1.29 is 71.7 Å². The summed E-state index contributed by atoms with van der Waals surface area (Å²) in [6, 6.07) is 0. The van der Waals surface area contributed by atoms with Crippen molar-refractivity contribution in [3.8, 4) is 0 Å². The number of amides is 4. The van der Waals surface area contributed by atoms with Gasteiger partial charge >= 0.3 is 0 Å². The van der Waals surface area contributed by atoms with Crippen molar-refractivity contribution in [3.63, 3.8) is 0 Å². The minimum atomic E-state index is -0.650. The van der Waals surface area contributed by atoms with Crippen LogP contribution in [0.1, 0.15) is 19.3 Å². The molecule has 294 valence electrons. The average molecular weight is 736 g/mol. The third-order valence-corrected chi connectivity index (χ3v) is 7.12. The summed E-state index contributed by atoms with van der Waals surface area (Å²) in [7, 11) is 0. The second kappa shape index (κ2) is 31.0. The summed E-state index contributed by atoms with van der Waals surface area (Å²) in [4.78, 5) is 48.9. The summed E-state index contributed by atoms with van der Waals surface area (Å²) in [6.07, 6.45) is 3.37. The zero-order valence-corrected chi connectivity index (χ0v) is 29.7. The van der Waals surface area contributed by atoms with Crippen LogP contribution in [-0.4, -0.2) is 197 Å². The van der Waals surface area contributed by atoms with E-state index in [-0.39, 0.29) is 32.0 Å². The molecule has 18 heteroatoms. The smallest absolute Gasteiger partial charge is 0.254 e. The van der Waals surface area contributed by atoms with Gasteiger partial charge in [-0.05, 0) is 12.8 Å². The molecule has 0 aromatic rings. The first-order valence-electron chi connectivity index (χ1n) is 17.5. The van der Waals surface area contributed by atoms with Crippen molar-refractivity contribution in [2.24, 2.45) is 0 Å². The molecule has 0 aromatic heterocycles. The van der Waals surface area contributed by atoms with Crippen molar-refractivity contribution in [1.29, 1.82) is 0 Å². The van der Waals surface area contributed by atoms with Gasteiger partial charge in [-0.15, -0.1) is 0 Å². The minimum absolute atomic E-state index is 0.0773. The molecule has 1 atom stereocenters. The Morgan fingerprint density at radius 2 is 0.941 bits per heavy atom. The van der Waals surface area contributed by atoms with Crippen LogP contribution in [0.3, 0.4) is 0 Å². The Morgan fingerprint density at radius 1 is 0.588 bits per heavy atom. The van der Waals surface area contributed by atoms with E-state index in [0.29, 0.717) is 138 Å². The van der Waals surface area contributed by atoms with Crippen LogP contribution in [0.25, 0.3) is 0 Å². The summed E-state index contributed by atoms with van der Waals surface area (Å²) in [6.45, 7) is 9.08. The molecule has 0 radical (unpaired) electrons. The molecule has 51 heavy (non-hydrogen) atoms. The van der Waals surface area contributed by atoms with Gasteiger partial charge in [0.1, 0.15) is 12.8 Å². The molecule has 0 spiro atoms. The number of aliphatic hydroxyl groups is 1. The molecule has 2 rings (SSSR count). The van der Waals surface area contributed by atoms with E-state index in [1.54, 1.807) is 0 Å². The largest absolute Gasteiger partial charge is 0.379 e. The predicted octanol–water partition coefficient (Wildman–Crippen LogP) is -1.48.